The molecular formula is C44H27NS. The first-order chi connectivity index (χ1) is 22.8. The number of fused-ring (bicyclic) bond motifs is 7. The number of para-hydroxylation sites is 1. The Kier molecular flexibility index (Phi) is 5.58. The number of rotatable bonds is 3. The molecule has 1 nitrogen and oxygen atoms in total. The average molecular weight is 602 g/mol. The Bertz CT molecular complexity index is 2670. The molecule has 46 heavy (non-hydrogen) atoms. The number of nitrogens with zero attached hydrogens (tertiary/aromatic N) is 1. The third-order valence-corrected chi connectivity index (χ3v) is 10.7. The van der Waals surface area contributed by atoms with Crippen LogP contribution in [0.4, 0.5) is 0 Å². The predicted octanol–water partition coefficient (Wildman–Crippen LogP) is 12.6. The highest BCUT2D eigenvalue weighted by Gasteiger charge is 2.20. The molecule has 2 heterocycles. The summed E-state index contributed by atoms with van der Waals surface area (Å²) in [6.45, 7) is 0. The fraction of sp³-hybridized carbons (Fsp3) is 0. The van der Waals surface area contributed by atoms with E-state index < -0.39 is 0 Å². The Morgan fingerprint density at radius 2 is 1.07 bits per heavy atom. The molecule has 0 bridgehead atoms. The van der Waals surface area contributed by atoms with Crippen LogP contribution >= 0.6 is 11.8 Å². The molecule has 8 aromatic carbocycles. The Morgan fingerprint density at radius 3 is 1.96 bits per heavy atom. The normalized spacial score (nSPS) is 12.3. The second-order valence-corrected chi connectivity index (χ2v) is 13.2. The van der Waals surface area contributed by atoms with Crippen molar-refractivity contribution in [1.82, 2.24) is 4.57 Å². The summed E-state index contributed by atoms with van der Waals surface area (Å²) < 4.78 is 2.42. The van der Waals surface area contributed by atoms with Gasteiger partial charge in [0.05, 0.1) is 11.0 Å². The number of benzene rings is 8. The summed E-state index contributed by atoms with van der Waals surface area (Å²) in [7, 11) is 0. The summed E-state index contributed by atoms with van der Waals surface area (Å²) in [6.07, 6.45) is 0. The second-order valence-electron chi connectivity index (χ2n) is 12.1. The summed E-state index contributed by atoms with van der Waals surface area (Å²) in [6, 6.07) is 60.2. The van der Waals surface area contributed by atoms with Crippen LogP contribution in [-0.2, 0) is 0 Å². The molecule has 10 rings (SSSR count). The van der Waals surface area contributed by atoms with Gasteiger partial charge >= 0.3 is 0 Å². The van der Waals surface area contributed by atoms with E-state index >= 15 is 0 Å². The third kappa shape index (κ3) is 3.84. The number of aromatic nitrogens is 1. The molecule has 0 saturated heterocycles. The maximum atomic E-state index is 2.42. The van der Waals surface area contributed by atoms with Gasteiger partial charge in [0.15, 0.2) is 0 Å². The molecule has 0 radical (unpaired) electrons. The molecule has 0 unspecified atom stereocenters. The van der Waals surface area contributed by atoms with Gasteiger partial charge in [0, 0.05) is 31.6 Å². The van der Waals surface area contributed by atoms with Crippen molar-refractivity contribution in [3.63, 3.8) is 0 Å². The van der Waals surface area contributed by atoms with Crippen molar-refractivity contribution in [3.8, 4) is 39.1 Å². The first kappa shape index (κ1) is 25.7. The molecule has 214 valence electrons. The van der Waals surface area contributed by atoms with E-state index in [-0.39, 0.29) is 0 Å². The first-order valence-corrected chi connectivity index (χ1v) is 16.6. The highest BCUT2D eigenvalue weighted by atomic mass is 32.2. The maximum Gasteiger partial charge on any atom is 0.0547 e. The molecule has 0 aliphatic carbocycles. The molecule has 1 aromatic heterocycles. The third-order valence-electron chi connectivity index (χ3n) is 9.55. The number of hydrogen-bond donors (Lipinski definition) is 0. The maximum absolute atomic E-state index is 2.42. The minimum Gasteiger partial charge on any atom is -0.309 e. The van der Waals surface area contributed by atoms with E-state index in [0.717, 1.165) is 0 Å². The topological polar surface area (TPSA) is 4.93 Å². The zero-order valence-corrected chi connectivity index (χ0v) is 25.8. The lowest BCUT2D eigenvalue weighted by Crippen LogP contribution is -1.94. The summed E-state index contributed by atoms with van der Waals surface area (Å²) in [5, 5.41) is 7.82. The van der Waals surface area contributed by atoms with Crippen LogP contribution < -0.4 is 0 Å². The minimum atomic E-state index is 1.17. The largest absolute Gasteiger partial charge is 0.309 e. The molecule has 0 atom stereocenters. The van der Waals surface area contributed by atoms with E-state index in [1.165, 1.54) is 92.2 Å². The zero-order chi connectivity index (χ0) is 30.2. The SMILES string of the molecule is c1cc(-c2cccc(-n3c4ccccc4c4c5ccccc5ccc43)c2)cc(-c2ccc3c(c2)-c2cccc4cccc(c24)S3)c1. The Morgan fingerprint density at radius 1 is 0.370 bits per heavy atom. The van der Waals surface area contributed by atoms with Gasteiger partial charge < -0.3 is 4.57 Å². The first-order valence-electron chi connectivity index (χ1n) is 15.8. The van der Waals surface area contributed by atoms with Gasteiger partial charge in [0.1, 0.15) is 0 Å². The van der Waals surface area contributed by atoms with Gasteiger partial charge in [-0.2, -0.15) is 0 Å². The van der Waals surface area contributed by atoms with Crippen LogP contribution in [0.1, 0.15) is 0 Å². The van der Waals surface area contributed by atoms with Crippen LogP contribution in [0, 0.1) is 0 Å². The minimum absolute atomic E-state index is 1.17. The van der Waals surface area contributed by atoms with E-state index in [9.17, 15) is 0 Å². The molecule has 1 aliphatic heterocycles. The lowest BCUT2D eigenvalue weighted by atomic mass is 9.93. The molecular weight excluding hydrogens is 575 g/mol. The summed E-state index contributed by atoms with van der Waals surface area (Å²) in [4.78, 5) is 2.66. The Hall–Kier alpha value is -5.57. The number of hydrogen-bond acceptors (Lipinski definition) is 1. The van der Waals surface area contributed by atoms with Crippen LogP contribution in [-0.4, -0.2) is 4.57 Å². The van der Waals surface area contributed by atoms with Crippen molar-refractivity contribution < 1.29 is 0 Å². The van der Waals surface area contributed by atoms with Crippen LogP contribution in [0.2, 0.25) is 0 Å². The summed E-state index contributed by atoms with van der Waals surface area (Å²) in [5.74, 6) is 0. The van der Waals surface area contributed by atoms with Crippen molar-refractivity contribution in [2.75, 3.05) is 0 Å². The van der Waals surface area contributed by atoms with E-state index in [0.29, 0.717) is 0 Å². The van der Waals surface area contributed by atoms with Crippen LogP contribution in [0.15, 0.2) is 174 Å². The average Bonchev–Trinajstić information content (AvgIpc) is 3.47. The van der Waals surface area contributed by atoms with E-state index in [2.05, 4.69) is 168 Å². The monoisotopic (exact) mass is 601 g/mol. The van der Waals surface area contributed by atoms with E-state index in [1.54, 1.807) is 0 Å². The van der Waals surface area contributed by atoms with Crippen molar-refractivity contribution >= 4 is 55.1 Å². The highest BCUT2D eigenvalue weighted by molar-refractivity contribution is 7.99. The van der Waals surface area contributed by atoms with Gasteiger partial charge in [0.25, 0.3) is 0 Å². The van der Waals surface area contributed by atoms with Crippen LogP contribution in [0.3, 0.4) is 0 Å². The molecule has 0 amide bonds. The van der Waals surface area contributed by atoms with Gasteiger partial charge in [0.2, 0.25) is 0 Å². The molecule has 0 fully saturated rings. The van der Waals surface area contributed by atoms with Gasteiger partial charge in [-0.25, -0.2) is 0 Å². The summed E-state index contributed by atoms with van der Waals surface area (Å²) >= 11 is 1.88. The van der Waals surface area contributed by atoms with Crippen molar-refractivity contribution in [2.45, 2.75) is 9.79 Å². The highest BCUT2D eigenvalue weighted by Crippen LogP contribution is 2.49. The van der Waals surface area contributed by atoms with Gasteiger partial charge in [-0.1, -0.05) is 127 Å². The molecule has 0 saturated carbocycles. The molecule has 2 heteroatoms. The van der Waals surface area contributed by atoms with Gasteiger partial charge in [-0.3, -0.25) is 0 Å². The lowest BCUT2D eigenvalue weighted by Gasteiger charge is -2.21. The predicted molar refractivity (Wildman–Crippen MR) is 196 cm³/mol. The lowest BCUT2D eigenvalue weighted by molar-refractivity contribution is 1.18. The Balaban J connectivity index is 1.09. The molecule has 0 N–H and O–H groups in total. The van der Waals surface area contributed by atoms with Crippen LogP contribution in [0.25, 0.3) is 82.4 Å². The van der Waals surface area contributed by atoms with E-state index in [4.69, 9.17) is 0 Å². The molecule has 9 aromatic rings. The van der Waals surface area contributed by atoms with Gasteiger partial charge in [-0.15, -0.1) is 0 Å². The van der Waals surface area contributed by atoms with Crippen molar-refractivity contribution in [2.24, 2.45) is 0 Å². The standard InChI is InChI=1S/C44H27NS/c1-2-16-35-28(9-1)21-23-40-44(35)37-17-3-4-19-39(37)45(40)34-15-6-14-32(26-34)30-12-5-13-31(25-30)33-22-24-41-38(27-33)36-18-7-10-29-11-8-20-42(46-41)43(29)36/h1-27H. The van der Waals surface area contributed by atoms with Gasteiger partial charge in [-0.05, 0) is 98.1 Å². The smallest absolute Gasteiger partial charge is 0.0547 e. The quantitative estimate of drug-likeness (QED) is 0.195. The fourth-order valence-electron chi connectivity index (χ4n) is 7.46. The second kappa shape index (κ2) is 9.97. The fourth-order valence-corrected chi connectivity index (χ4v) is 8.59. The van der Waals surface area contributed by atoms with E-state index in [1.807, 2.05) is 11.8 Å². The Labute approximate surface area is 271 Å². The zero-order valence-electron chi connectivity index (χ0n) is 24.9. The molecule has 1 aliphatic rings. The van der Waals surface area contributed by atoms with Crippen molar-refractivity contribution in [1.29, 1.82) is 0 Å². The van der Waals surface area contributed by atoms with Crippen LogP contribution in [0.5, 0.6) is 0 Å². The summed E-state index contributed by atoms with van der Waals surface area (Å²) in [5.41, 5.74) is 11.2. The van der Waals surface area contributed by atoms with Crippen molar-refractivity contribution in [3.05, 3.63) is 164 Å². The molecule has 0 spiro atoms.